The highest BCUT2D eigenvalue weighted by atomic mass is 35.5. The average molecular weight is 355 g/mol. The molecule has 8 heteroatoms. The number of methoxy groups -OCH3 is 1. The average Bonchev–Trinajstić information content (AvgIpc) is 3.00. The molecule has 132 valence electrons. The monoisotopic (exact) mass is 354 g/mol. The number of nitrogens with one attached hydrogen (secondary N) is 2. The van der Waals surface area contributed by atoms with Crippen molar-refractivity contribution in [3.05, 3.63) is 23.8 Å². The van der Waals surface area contributed by atoms with Crippen LogP contribution in [0.15, 0.2) is 18.2 Å². The minimum atomic E-state index is -0.163. The molecule has 2 fully saturated rings. The molecular formula is C16H23ClN4O3. The highest BCUT2D eigenvalue weighted by Gasteiger charge is 2.28. The van der Waals surface area contributed by atoms with E-state index in [1.807, 2.05) is 11.8 Å². The second kappa shape index (κ2) is 7.72. The summed E-state index contributed by atoms with van der Waals surface area (Å²) in [6.07, 6.45) is 0. The van der Waals surface area contributed by atoms with Crippen molar-refractivity contribution >= 4 is 30.0 Å². The van der Waals surface area contributed by atoms with Gasteiger partial charge in [0, 0.05) is 44.3 Å². The molecule has 2 aliphatic rings. The summed E-state index contributed by atoms with van der Waals surface area (Å²) in [5.74, 6) is 0.578. The van der Waals surface area contributed by atoms with Crippen molar-refractivity contribution < 1.29 is 14.3 Å². The third kappa shape index (κ3) is 3.42. The molecule has 24 heavy (non-hydrogen) atoms. The Balaban J connectivity index is 0.00000208. The van der Waals surface area contributed by atoms with Gasteiger partial charge in [0.2, 0.25) is 0 Å². The normalized spacial score (nSPS) is 20.4. The maximum absolute atomic E-state index is 12.8. The summed E-state index contributed by atoms with van der Waals surface area (Å²) in [6, 6.07) is 5.25. The number of halogens is 1. The van der Waals surface area contributed by atoms with Gasteiger partial charge in [0.05, 0.1) is 12.8 Å². The van der Waals surface area contributed by atoms with Gasteiger partial charge in [-0.05, 0) is 25.1 Å². The third-order valence-corrected chi connectivity index (χ3v) is 4.34. The second-order valence-corrected chi connectivity index (χ2v) is 5.82. The molecule has 2 N–H and O–H groups in total. The van der Waals surface area contributed by atoms with Crippen LogP contribution in [-0.4, -0.2) is 62.7 Å². The smallest absolute Gasteiger partial charge is 0.322 e. The van der Waals surface area contributed by atoms with Crippen molar-refractivity contribution in [1.82, 2.24) is 15.5 Å². The van der Waals surface area contributed by atoms with E-state index in [0.29, 0.717) is 36.6 Å². The molecule has 0 spiro atoms. The molecule has 3 rings (SSSR count). The third-order valence-electron chi connectivity index (χ3n) is 4.34. The molecule has 2 saturated heterocycles. The standard InChI is InChI=1S/C16H22N4O3.ClH/c1-11-10-17-5-7-19(11)15(21)12-3-4-14(23-2)13(9-12)20-8-6-18-16(20)22;/h3-4,9,11,17H,5-8,10H2,1-2H3,(H,18,22);1H/t11-;/m1./s1. The van der Waals surface area contributed by atoms with E-state index in [-0.39, 0.29) is 30.4 Å². The molecule has 0 radical (unpaired) electrons. The van der Waals surface area contributed by atoms with Crippen LogP contribution in [0.25, 0.3) is 0 Å². The van der Waals surface area contributed by atoms with Crippen molar-refractivity contribution in [1.29, 1.82) is 0 Å². The van der Waals surface area contributed by atoms with Crippen LogP contribution in [0.3, 0.4) is 0 Å². The molecular weight excluding hydrogens is 332 g/mol. The van der Waals surface area contributed by atoms with E-state index >= 15 is 0 Å². The van der Waals surface area contributed by atoms with Crippen molar-refractivity contribution in [2.75, 3.05) is 44.7 Å². The molecule has 1 aromatic carbocycles. The van der Waals surface area contributed by atoms with Gasteiger partial charge < -0.3 is 20.3 Å². The topological polar surface area (TPSA) is 73.9 Å². The van der Waals surface area contributed by atoms with Crippen molar-refractivity contribution in [2.45, 2.75) is 13.0 Å². The van der Waals surface area contributed by atoms with Crippen LogP contribution in [0.1, 0.15) is 17.3 Å². The largest absolute Gasteiger partial charge is 0.495 e. The zero-order chi connectivity index (χ0) is 16.4. The number of carbonyl (C=O) groups is 2. The Morgan fingerprint density at radius 3 is 2.71 bits per heavy atom. The van der Waals surface area contributed by atoms with Crippen molar-refractivity contribution in [3.8, 4) is 5.75 Å². The van der Waals surface area contributed by atoms with Gasteiger partial charge in [0.1, 0.15) is 5.75 Å². The number of nitrogens with zero attached hydrogens (tertiary/aromatic N) is 2. The zero-order valence-corrected chi connectivity index (χ0v) is 14.7. The molecule has 0 saturated carbocycles. The number of rotatable bonds is 3. The number of urea groups is 1. The van der Waals surface area contributed by atoms with Crippen LogP contribution >= 0.6 is 12.4 Å². The van der Waals surface area contributed by atoms with Crippen molar-refractivity contribution in [3.63, 3.8) is 0 Å². The van der Waals surface area contributed by atoms with Gasteiger partial charge >= 0.3 is 6.03 Å². The molecule has 2 aliphatic heterocycles. The van der Waals surface area contributed by atoms with Gasteiger partial charge in [0.15, 0.2) is 0 Å². The van der Waals surface area contributed by atoms with Gasteiger partial charge in [0.25, 0.3) is 5.91 Å². The maximum atomic E-state index is 12.8. The van der Waals surface area contributed by atoms with E-state index in [0.717, 1.165) is 13.1 Å². The number of amides is 3. The number of anilines is 1. The minimum Gasteiger partial charge on any atom is -0.495 e. The lowest BCUT2D eigenvalue weighted by Gasteiger charge is -2.34. The molecule has 1 aromatic rings. The minimum absolute atomic E-state index is 0. The predicted octanol–water partition coefficient (Wildman–Crippen LogP) is 1.08. The van der Waals surface area contributed by atoms with Crippen LogP contribution in [-0.2, 0) is 0 Å². The van der Waals surface area contributed by atoms with Crippen molar-refractivity contribution in [2.24, 2.45) is 0 Å². The number of hydrogen-bond acceptors (Lipinski definition) is 4. The Labute approximate surface area is 147 Å². The molecule has 0 aromatic heterocycles. The van der Waals surface area contributed by atoms with Crippen LogP contribution < -0.4 is 20.3 Å². The Morgan fingerprint density at radius 2 is 2.08 bits per heavy atom. The number of carbonyl (C=O) groups excluding carboxylic acids is 2. The Morgan fingerprint density at radius 1 is 1.29 bits per heavy atom. The first-order valence-corrected chi connectivity index (χ1v) is 7.87. The first-order valence-electron chi connectivity index (χ1n) is 7.87. The van der Waals surface area contributed by atoms with Gasteiger partial charge in [-0.15, -0.1) is 12.4 Å². The summed E-state index contributed by atoms with van der Waals surface area (Å²) in [6.45, 7) is 5.47. The molecule has 0 bridgehead atoms. The van der Waals surface area contributed by atoms with E-state index in [2.05, 4.69) is 10.6 Å². The number of benzene rings is 1. The summed E-state index contributed by atoms with van der Waals surface area (Å²) in [5, 5.41) is 6.04. The van der Waals surface area contributed by atoms with Gasteiger partial charge in [-0.2, -0.15) is 0 Å². The van der Waals surface area contributed by atoms with Crippen LogP contribution in [0.5, 0.6) is 5.75 Å². The van der Waals surface area contributed by atoms with Crippen LogP contribution in [0.2, 0.25) is 0 Å². The SMILES string of the molecule is COc1ccc(C(=O)N2CCNC[C@H]2C)cc1N1CCNC1=O.Cl. The Kier molecular flexibility index (Phi) is 5.90. The van der Waals surface area contributed by atoms with Crippen LogP contribution in [0, 0.1) is 0 Å². The maximum Gasteiger partial charge on any atom is 0.322 e. The molecule has 2 heterocycles. The van der Waals surface area contributed by atoms with Gasteiger partial charge in [-0.3, -0.25) is 9.69 Å². The fourth-order valence-corrected chi connectivity index (χ4v) is 3.04. The highest BCUT2D eigenvalue weighted by Crippen LogP contribution is 2.31. The lowest BCUT2D eigenvalue weighted by Crippen LogP contribution is -2.52. The van der Waals surface area contributed by atoms with E-state index in [9.17, 15) is 9.59 Å². The molecule has 3 amide bonds. The van der Waals surface area contributed by atoms with E-state index in [4.69, 9.17) is 4.74 Å². The first kappa shape index (κ1) is 18.4. The van der Waals surface area contributed by atoms with Gasteiger partial charge in [-0.25, -0.2) is 4.79 Å². The summed E-state index contributed by atoms with van der Waals surface area (Å²) >= 11 is 0. The fraction of sp³-hybridized carbons (Fsp3) is 0.500. The summed E-state index contributed by atoms with van der Waals surface area (Å²) in [5.41, 5.74) is 1.21. The van der Waals surface area contributed by atoms with Gasteiger partial charge in [-0.1, -0.05) is 0 Å². The summed E-state index contributed by atoms with van der Waals surface area (Å²) in [4.78, 5) is 28.2. The molecule has 7 nitrogen and oxygen atoms in total. The Bertz CT molecular complexity index is 625. The lowest BCUT2D eigenvalue weighted by molar-refractivity contribution is 0.0655. The summed E-state index contributed by atoms with van der Waals surface area (Å²) in [7, 11) is 1.56. The summed E-state index contributed by atoms with van der Waals surface area (Å²) < 4.78 is 5.35. The second-order valence-electron chi connectivity index (χ2n) is 5.82. The molecule has 1 atom stereocenters. The van der Waals surface area contributed by atoms with E-state index in [1.54, 1.807) is 30.2 Å². The molecule has 0 aliphatic carbocycles. The van der Waals surface area contributed by atoms with E-state index < -0.39 is 0 Å². The number of ether oxygens (including phenoxy) is 1. The zero-order valence-electron chi connectivity index (χ0n) is 13.9. The molecule has 0 unspecified atom stereocenters. The number of hydrogen-bond donors (Lipinski definition) is 2. The quantitative estimate of drug-likeness (QED) is 0.852. The van der Waals surface area contributed by atoms with Crippen LogP contribution in [0.4, 0.5) is 10.5 Å². The highest BCUT2D eigenvalue weighted by molar-refractivity contribution is 6.00. The fourth-order valence-electron chi connectivity index (χ4n) is 3.04. The first-order chi connectivity index (χ1) is 11.1. The Hall–Kier alpha value is -1.99. The predicted molar refractivity (Wildman–Crippen MR) is 94.4 cm³/mol. The number of piperazine rings is 1. The lowest BCUT2D eigenvalue weighted by atomic mass is 10.1. The van der Waals surface area contributed by atoms with E-state index in [1.165, 1.54) is 0 Å².